The number of benzene rings is 1. The van der Waals surface area contributed by atoms with Crippen LogP contribution < -0.4 is 10.1 Å². The van der Waals surface area contributed by atoms with Crippen molar-refractivity contribution in [3.8, 4) is 5.75 Å². The zero-order valence-corrected chi connectivity index (χ0v) is 14.1. The molecule has 1 N–H and O–H groups in total. The zero-order valence-electron chi connectivity index (χ0n) is 13.2. The Morgan fingerprint density at radius 1 is 1.22 bits per heavy atom. The van der Waals surface area contributed by atoms with Gasteiger partial charge >= 0.3 is 0 Å². The van der Waals surface area contributed by atoms with E-state index in [2.05, 4.69) is 5.32 Å². The number of likely N-dealkylation sites (N-methyl/N-ethyl adjacent to an activating group) is 1. The Bertz CT molecular complexity index is 656. The number of methoxy groups -OCH3 is 1. The predicted molar refractivity (Wildman–Crippen MR) is 91.9 cm³/mol. The molecule has 0 fully saturated rings. The first-order chi connectivity index (χ1) is 11.1. The molecule has 1 aromatic carbocycles. The molecule has 0 aliphatic rings. The van der Waals surface area contributed by atoms with Crippen molar-refractivity contribution in [2.45, 2.75) is 13.3 Å². The third-order valence-electron chi connectivity index (χ3n) is 3.36. The SMILES string of the molecule is CCN(CC(=O)Nc1ccccc1OC)C(=O)Cc1cccs1. The number of ether oxygens (including phenoxy) is 1. The number of nitrogens with zero attached hydrogens (tertiary/aromatic N) is 1. The Hall–Kier alpha value is -2.34. The quantitative estimate of drug-likeness (QED) is 0.848. The van der Waals surface area contributed by atoms with Crippen molar-refractivity contribution < 1.29 is 14.3 Å². The molecule has 0 saturated carbocycles. The lowest BCUT2D eigenvalue weighted by Crippen LogP contribution is -2.38. The van der Waals surface area contributed by atoms with Crippen molar-refractivity contribution in [2.24, 2.45) is 0 Å². The Balaban J connectivity index is 1.95. The first-order valence-corrected chi connectivity index (χ1v) is 8.25. The molecule has 2 amide bonds. The Labute approximate surface area is 139 Å². The number of thiophene rings is 1. The van der Waals surface area contributed by atoms with Gasteiger partial charge in [0, 0.05) is 11.4 Å². The van der Waals surface area contributed by atoms with Gasteiger partial charge in [0.05, 0.1) is 25.8 Å². The highest BCUT2D eigenvalue weighted by Gasteiger charge is 2.17. The van der Waals surface area contributed by atoms with Crippen LogP contribution in [0.25, 0.3) is 0 Å². The summed E-state index contributed by atoms with van der Waals surface area (Å²) in [6.07, 6.45) is 0.327. The summed E-state index contributed by atoms with van der Waals surface area (Å²) in [4.78, 5) is 27.0. The molecule has 6 heteroatoms. The number of anilines is 1. The fourth-order valence-corrected chi connectivity index (χ4v) is 2.86. The lowest BCUT2D eigenvalue weighted by atomic mass is 10.2. The smallest absolute Gasteiger partial charge is 0.244 e. The molecule has 122 valence electrons. The fourth-order valence-electron chi connectivity index (χ4n) is 2.16. The van der Waals surface area contributed by atoms with Crippen molar-refractivity contribution in [2.75, 3.05) is 25.5 Å². The fraction of sp³-hybridized carbons (Fsp3) is 0.294. The highest BCUT2D eigenvalue weighted by Crippen LogP contribution is 2.22. The van der Waals surface area contributed by atoms with Gasteiger partial charge in [-0.05, 0) is 30.5 Å². The van der Waals surface area contributed by atoms with Crippen molar-refractivity contribution >= 4 is 28.8 Å². The zero-order chi connectivity index (χ0) is 16.7. The maximum atomic E-state index is 12.3. The van der Waals surface area contributed by atoms with Crippen LogP contribution in [0.1, 0.15) is 11.8 Å². The van der Waals surface area contributed by atoms with E-state index in [0.717, 1.165) is 4.88 Å². The highest BCUT2D eigenvalue weighted by molar-refractivity contribution is 7.10. The van der Waals surface area contributed by atoms with Crippen LogP contribution in [0.4, 0.5) is 5.69 Å². The van der Waals surface area contributed by atoms with Crippen molar-refractivity contribution in [1.82, 2.24) is 4.90 Å². The number of amides is 2. The molecule has 2 rings (SSSR count). The Morgan fingerprint density at radius 2 is 2.00 bits per heavy atom. The minimum Gasteiger partial charge on any atom is -0.495 e. The molecule has 1 heterocycles. The van der Waals surface area contributed by atoms with E-state index < -0.39 is 0 Å². The van der Waals surface area contributed by atoms with Gasteiger partial charge in [-0.1, -0.05) is 18.2 Å². The van der Waals surface area contributed by atoms with Gasteiger partial charge in [-0.25, -0.2) is 0 Å². The van der Waals surface area contributed by atoms with Crippen LogP contribution in [0.3, 0.4) is 0 Å². The number of rotatable bonds is 7. The molecule has 0 atom stereocenters. The Morgan fingerprint density at radius 3 is 2.65 bits per heavy atom. The Kier molecular flexibility index (Phi) is 6.17. The number of hydrogen-bond acceptors (Lipinski definition) is 4. The molecule has 0 saturated heterocycles. The minimum atomic E-state index is -0.240. The maximum Gasteiger partial charge on any atom is 0.244 e. The average Bonchev–Trinajstić information content (AvgIpc) is 3.06. The van der Waals surface area contributed by atoms with Crippen LogP contribution in [0.5, 0.6) is 5.75 Å². The molecule has 5 nitrogen and oxygen atoms in total. The van der Waals surface area contributed by atoms with Crippen molar-refractivity contribution in [3.63, 3.8) is 0 Å². The number of hydrogen-bond donors (Lipinski definition) is 1. The normalized spacial score (nSPS) is 10.2. The largest absolute Gasteiger partial charge is 0.495 e. The summed E-state index contributed by atoms with van der Waals surface area (Å²) in [5, 5.41) is 4.72. The summed E-state index contributed by atoms with van der Waals surface area (Å²) in [5.41, 5.74) is 0.599. The number of carbonyl (C=O) groups is 2. The van der Waals surface area contributed by atoms with Crippen LogP contribution in [0, 0.1) is 0 Å². The third kappa shape index (κ3) is 4.82. The van der Waals surface area contributed by atoms with Gasteiger partial charge < -0.3 is 15.0 Å². The van der Waals surface area contributed by atoms with Crippen LogP contribution in [-0.4, -0.2) is 36.9 Å². The molecule has 0 bridgehead atoms. The highest BCUT2D eigenvalue weighted by atomic mass is 32.1. The number of nitrogens with one attached hydrogen (secondary N) is 1. The minimum absolute atomic E-state index is 0.0265. The van der Waals surface area contributed by atoms with E-state index in [4.69, 9.17) is 4.74 Å². The van der Waals surface area contributed by atoms with Gasteiger partial charge in [-0.3, -0.25) is 9.59 Å². The molecule has 0 aliphatic carbocycles. The van der Waals surface area contributed by atoms with Gasteiger partial charge in [-0.2, -0.15) is 0 Å². The summed E-state index contributed by atoms with van der Waals surface area (Å²) in [7, 11) is 1.55. The van der Waals surface area contributed by atoms with Gasteiger partial charge in [0.1, 0.15) is 5.75 Å². The monoisotopic (exact) mass is 332 g/mol. The lowest BCUT2D eigenvalue weighted by molar-refractivity contribution is -0.133. The van der Waals surface area contributed by atoms with E-state index in [9.17, 15) is 9.59 Å². The predicted octanol–water partition coefficient (Wildman–Crippen LogP) is 2.79. The van der Waals surface area contributed by atoms with E-state index in [-0.39, 0.29) is 18.4 Å². The molecule has 0 spiro atoms. The summed E-state index contributed by atoms with van der Waals surface area (Å²) in [5.74, 6) is 0.301. The van der Waals surface area contributed by atoms with Gasteiger partial charge in [-0.15, -0.1) is 11.3 Å². The van der Waals surface area contributed by atoms with E-state index in [1.54, 1.807) is 35.5 Å². The molecule has 0 aliphatic heterocycles. The van der Waals surface area contributed by atoms with Gasteiger partial charge in [0.2, 0.25) is 11.8 Å². The molecular weight excluding hydrogens is 312 g/mol. The van der Waals surface area contributed by atoms with Crippen LogP contribution in [-0.2, 0) is 16.0 Å². The second-order valence-corrected chi connectivity index (χ2v) is 5.94. The van der Waals surface area contributed by atoms with Crippen LogP contribution in [0.2, 0.25) is 0 Å². The third-order valence-corrected chi connectivity index (χ3v) is 4.23. The first kappa shape index (κ1) is 17.0. The average molecular weight is 332 g/mol. The number of carbonyl (C=O) groups excluding carboxylic acids is 2. The summed E-state index contributed by atoms with van der Waals surface area (Å²) in [6, 6.07) is 11.0. The van der Waals surface area contributed by atoms with Crippen LogP contribution in [0.15, 0.2) is 41.8 Å². The summed E-state index contributed by atoms with van der Waals surface area (Å²) >= 11 is 1.54. The van der Waals surface area contributed by atoms with E-state index in [0.29, 0.717) is 24.4 Å². The second kappa shape index (κ2) is 8.33. The van der Waals surface area contributed by atoms with E-state index in [1.165, 1.54) is 0 Å². The molecule has 2 aromatic rings. The van der Waals surface area contributed by atoms with E-state index >= 15 is 0 Å². The standard InChI is InChI=1S/C17H20N2O3S/c1-3-19(17(21)11-13-7-6-10-23-13)12-16(20)18-14-8-4-5-9-15(14)22-2/h4-10H,3,11-12H2,1-2H3,(H,18,20). The van der Waals surface area contributed by atoms with Crippen LogP contribution >= 0.6 is 11.3 Å². The van der Waals surface area contributed by atoms with Crippen molar-refractivity contribution in [1.29, 1.82) is 0 Å². The van der Waals surface area contributed by atoms with Crippen molar-refractivity contribution in [3.05, 3.63) is 46.7 Å². The first-order valence-electron chi connectivity index (χ1n) is 7.37. The molecule has 0 radical (unpaired) electrons. The topological polar surface area (TPSA) is 58.6 Å². The lowest BCUT2D eigenvalue weighted by Gasteiger charge is -2.20. The molecule has 23 heavy (non-hydrogen) atoms. The van der Waals surface area contributed by atoms with Gasteiger partial charge in [0.25, 0.3) is 0 Å². The van der Waals surface area contributed by atoms with E-state index in [1.807, 2.05) is 36.6 Å². The maximum absolute atomic E-state index is 12.3. The summed E-state index contributed by atoms with van der Waals surface area (Å²) in [6.45, 7) is 2.38. The molecule has 0 unspecified atom stereocenters. The summed E-state index contributed by atoms with van der Waals surface area (Å²) < 4.78 is 5.20. The molecular formula is C17H20N2O3S. The number of para-hydroxylation sites is 2. The van der Waals surface area contributed by atoms with Gasteiger partial charge in [0.15, 0.2) is 0 Å². The molecule has 1 aromatic heterocycles. The second-order valence-electron chi connectivity index (χ2n) is 4.91.